The number of benzene rings is 1. The number of hydrogen-bond acceptors (Lipinski definition) is 3. The Kier molecular flexibility index (Phi) is 3.94. The lowest BCUT2D eigenvalue weighted by Crippen LogP contribution is -2.34. The monoisotopic (exact) mass is 337 g/mol. The van der Waals surface area contributed by atoms with E-state index in [1.54, 1.807) is 18.3 Å². The van der Waals surface area contributed by atoms with E-state index in [0.717, 1.165) is 25.2 Å². The Morgan fingerprint density at radius 3 is 2.75 bits per heavy atom. The number of carbonyl (C=O) groups excluding carboxylic acids is 1. The molecular formula is C19H19N3OS. The second kappa shape index (κ2) is 6.24. The van der Waals surface area contributed by atoms with Crippen LogP contribution in [-0.2, 0) is 24.3 Å². The van der Waals surface area contributed by atoms with Crippen molar-refractivity contribution in [1.29, 1.82) is 0 Å². The third kappa shape index (κ3) is 2.76. The summed E-state index contributed by atoms with van der Waals surface area (Å²) in [5.74, 6) is 0.133. The van der Waals surface area contributed by atoms with Gasteiger partial charge in [-0.15, -0.1) is 11.3 Å². The largest absolute Gasteiger partial charge is 0.338 e. The summed E-state index contributed by atoms with van der Waals surface area (Å²) in [6.07, 6.45) is 0.861. The highest BCUT2D eigenvalue weighted by Crippen LogP contribution is 2.33. The fourth-order valence-electron chi connectivity index (χ4n) is 3.26. The van der Waals surface area contributed by atoms with Crippen LogP contribution in [-0.4, -0.2) is 27.1 Å². The number of thiophene rings is 1. The quantitative estimate of drug-likeness (QED) is 0.733. The van der Waals surface area contributed by atoms with E-state index >= 15 is 0 Å². The summed E-state index contributed by atoms with van der Waals surface area (Å²) < 4.78 is 2.12. The van der Waals surface area contributed by atoms with Crippen molar-refractivity contribution in [2.75, 3.05) is 6.54 Å². The van der Waals surface area contributed by atoms with Gasteiger partial charge in [0.15, 0.2) is 0 Å². The Morgan fingerprint density at radius 1 is 1.21 bits per heavy atom. The van der Waals surface area contributed by atoms with Gasteiger partial charge in [0.05, 0.1) is 11.4 Å². The second-order valence-corrected chi connectivity index (χ2v) is 7.03. The second-order valence-electron chi connectivity index (χ2n) is 6.08. The summed E-state index contributed by atoms with van der Waals surface area (Å²) in [7, 11) is 0. The molecule has 24 heavy (non-hydrogen) atoms. The van der Waals surface area contributed by atoms with Gasteiger partial charge in [-0.05, 0) is 17.0 Å². The van der Waals surface area contributed by atoms with E-state index in [1.807, 2.05) is 17.0 Å². The minimum Gasteiger partial charge on any atom is -0.338 e. The molecule has 0 fully saturated rings. The third-order valence-corrected chi connectivity index (χ3v) is 5.39. The summed E-state index contributed by atoms with van der Waals surface area (Å²) >= 11 is 1.70. The third-order valence-electron chi connectivity index (χ3n) is 4.51. The predicted molar refractivity (Wildman–Crippen MR) is 95.9 cm³/mol. The highest BCUT2D eigenvalue weighted by Gasteiger charge is 2.27. The molecule has 5 heteroatoms. The Bertz CT molecular complexity index is 852. The Balaban J connectivity index is 1.76. The number of aromatic nitrogens is 2. The first kappa shape index (κ1) is 15.1. The van der Waals surface area contributed by atoms with Gasteiger partial charge in [-0.2, -0.15) is 5.10 Å². The molecule has 1 aromatic carbocycles. The minimum absolute atomic E-state index is 0.133. The van der Waals surface area contributed by atoms with Crippen molar-refractivity contribution < 1.29 is 4.79 Å². The van der Waals surface area contributed by atoms with Crippen molar-refractivity contribution in [2.24, 2.45) is 0 Å². The van der Waals surface area contributed by atoms with Gasteiger partial charge >= 0.3 is 0 Å². The molecule has 0 atom stereocenters. The van der Waals surface area contributed by atoms with Gasteiger partial charge in [0.2, 0.25) is 5.91 Å². The van der Waals surface area contributed by atoms with Gasteiger partial charge < -0.3 is 4.90 Å². The van der Waals surface area contributed by atoms with Crippen molar-refractivity contribution in [2.45, 2.75) is 26.4 Å². The molecule has 1 aliphatic rings. The first-order chi connectivity index (χ1) is 11.7. The summed E-state index contributed by atoms with van der Waals surface area (Å²) in [6.45, 7) is 3.85. The number of nitrogens with zero attached hydrogens (tertiary/aromatic N) is 3. The molecular weight excluding hydrogens is 318 g/mol. The molecule has 0 saturated carbocycles. The molecule has 0 unspecified atom stereocenters. The van der Waals surface area contributed by atoms with Crippen molar-refractivity contribution in [3.8, 4) is 10.6 Å². The highest BCUT2D eigenvalue weighted by molar-refractivity contribution is 7.13. The average molecular weight is 337 g/mol. The lowest BCUT2D eigenvalue weighted by atomic mass is 10.0. The molecule has 4 nitrogen and oxygen atoms in total. The Labute approximate surface area is 145 Å². The molecule has 122 valence electrons. The van der Waals surface area contributed by atoms with Crippen molar-refractivity contribution in [3.05, 3.63) is 64.7 Å². The van der Waals surface area contributed by atoms with Gasteiger partial charge in [0.1, 0.15) is 5.69 Å². The number of carbonyl (C=O) groups is 1. The maximum atomic E-state index is 11.8. The molecule has 0 aliphatic carbocycles. The molecule has 3 heterocycles. The summed E-state index contributed by atoms with van der Waals surface area (Å²) in [5.41, 5.74) is 4.74. The van der Waals surface area contributed by atoms with Crippen molar-refractivity contribution >= 4 is 17.2 Å². The fourth-order valence-corrected chi connectivity index (χ4v) is 3.99. The summed E-state index contributed by atoms with van der Waals surface area (Å²) in [5, 5.41) is 6.99. The molecule has 3 aromatic rings. The number of amides is 1. The minimum atomic E-state index is 0.133. The van der Waals surface area contributed by atoms with E-state index in [2.05, 4.69) is 40.4 Å². The zero-order valence-electron chi connectivity index (χ0n) is 13.6. The van der Waals surface area contributed by atoms with Crippen LogP contribution in [0.25, 0.3) is 10.6 Å². The molecule has 0 saturated heterocycles. The van der Waals surface area contributed by atoms with E-state index in [4.69, 9.17) is 5.10 Å². The van der Waals surface area contributed by atoms with Gasteiger partial charge in [0.25, 0.3) is 0 Å². The van der Waals surface area contributed by atoms with Crippen LogP contribution in [0.3, 0.4) is 0 Å². The van der Waals surface area contributed by atoms with E-state index in [-0.39, 0.29) is 5.91 Å². The Hall–Kier alpha value is -2.40. The zero-order valence-corrected chi connectivity index (χ0v) is 14.4. The van der Waals surface area contributed by atoms with Gasteiger partial charge in [-0.1, -0.05) is 36.4 Å². The SMILES string of the molecule is CC(=O)N1CCc2c(c(-c3cccs3)nn2Cc2ccccc2)C1. The first-order valence-electron chi connectivity index (χ1n) is 8.14. The summed E-state index contributed by atoms with van der Waals surface area (Å²) in [4.78, 5) is 14.9. The van der Waals surface area contributed by atoms with Crippen LogP contribution in [0, 0.1) is 0 Å². The van der Waals surface area contributed by atoms with Crippen LogP contribution in [0.2, 0.25) is 0 Å². The maximum absolute atomic E-state index is 11.8. The van der Waals surface area contributed by atoms with Crippen molar-refractivity contribution in [1.82, 2.24) is 14.7 Å². The van der Waals surface area contributed by atoms with Crippen LogP contribution in [0.1, 0.15) is 23.7 Å². The van der Waals surface area contributed by atoms with Crippen LogP contribution in [0.5, 0.6) is 0 Å². The number of hydrogen-bond donors (Lipinski definition) is 0. The molecule has 4 rings (SSSR count). The maximum Gasteiger partial charge on any atom is 0.219 e. The molecule has 2 aromatic heterocycles. The van der Waals surface area contributed by atoms with E-state index < -0.39 is 0 Å². The van der Waals surface area contributed by atoms with Crippen LogP contribution in [0.4, 0.5) is 0 Å². The molecule has 1 aliphatic heterocycles. The molecule has 0 radical (unpaired) electrons. The summed E-state index contributed by atoms with van der Waals surface area (Å²) in [6, 6.07) is 14.6. The van der Waals surface area contributed by atoms with Gasteiger partial charge in [0, 0.05) is 37.7 Å². The number of fused-ring (bicyclic) bond motifs is 1. The Morgan fingerprint density at radius 2 is 2.04 bits per heavy atom. The average Bonchev–Trinajstić information content (AvgIpc) is 3.23. The normalized spacial score (nSPS) is 13.8. The van der Waals surface area contributed by atoms with Crippen molar-refractivity contribution in [3.63, 3.8) is 0 Å². The first-order valence-corrected chi connectivity index (χ1v) is 9.02. The smallest absolute Gasteiger partial charge is 0.219 e. The highest BCUT2D eigenvalue weighted by atomic mass is 32.1. The van der Waals surface area contributed by atoms with Crippen LogP contribution < -0.4 is 0 Å². The van der Waals surface area contributed by atoms with E-state index in [9.17, 15) is 4.79 Å². The lowest BCUT2D eigenvalue weighted by molar-refractivity contribution is -0.129. The number of rotatable bonds is 3. The van der Waals surface area contributed by atoms with E-state index in [0.29, 0.717) is 6.54 Å². The van der Waals surface area contributed by atoms with Gasteiger partial charge in [-0.3, -0.25) is 9.48 Å². The molecule has 0 N–H and O–H groups in total. The molecule has 0 bridgehead atoms. The van der Waals surface area contributed by atoms with E-state index in [1.165, 1.54) is 21.7 Å². The van der Waals surface area contributed by atoms with Crippen LogP contribution in [0.15, 0.2) is 47.8 Å². The zero-order chi connectivity index (χ0) is 16.5. The predicted octanol–water partition coefficient (Wildman–Crippen LogP) is 3.56. The molecule has 1 amide bonds. The topological polar surface area (TPSA) is 38.1 Å². The molecule has 0 spiro atoms. The van der Waals surface area contributed by atoms with Crippen LogP contribution >= 0.6 is 11.3 Å². The lowest BCUT2D eigenvalue weighted by Gasteiger charge is -2.26. The standard InChI is InChI=1S/C19H19N3OS/c1-14(23)21-10-9-17-16(13-21)19(18-8-5-11-24-18)20-22(17)12-15-6-3-2-4-7-15/h2-8,11H,9-10,12-13H2,1H3. The fraction of sp³-hybridized carbons (Fsp3) is 0.263. The van der Waals surface area contributed by atoms with Gasteiger partial charge in [-0.25, -0.2) is 0 Å².